The first-order chi connectivity index (χ1) is 9.86. The second-order valence-corrected chi connectivity index (χ2v) is 7.80. The van der Waals surface area contributed by atoms with Crippen molar-refractivity contribution in [2.75, 3.05) is 25.9 Å². The van der Waals surface area contributed by atoms with Crippen LogP contribution in [0.5, 0.6) is 0 Å². The Hall–Kier alpha value is -0.980. The maximum absolute atomic E-state index is 13.2. The van der Waals surface area contributed by atoms with E-state index in [0.29, 0.717) is 19.0 Å². The van der Waals surface area contributed by atoms with E-state index >= 15 is 0 Å². The van der Waals surface area contributed by atoms with Crippen LogP contribution in [-0.4, -0.2) is 38.6 Å². The van der Waals surface area contributed by atoms with Crippen molar-refractivity contribution in [3.05, 3.63) is 35.6 Å². The van der Waals surface area contributed by atoms with E-state index in [1.807, 2.05) is 13.0 Å². The minimum absolute atomic E-state index is 0.0503. The zero-order valence-corrected chi connectivity index (χ0v) is 13.4. The smallest absolute Gasteiger partial charge is 0.211 e. The molecular weight excluding hydrogens is 291 g/mol. The van der Waals surface area contributed by atoms with Crippen molar-refractivity contribution in [2.45, 2.75) is 25.8 Å². The Morgan fingerprint density at radius 1 is 1.48 bits per heavy atom. The van der Waals surface area contributed by atoms with Gasteiger partial charge >= 0.3 is 0 Å². The standard InChI is InChI=1S/C15H23FN2O2S/c1-12(14-6-3-7-15(16)9-14)17-10-13-5-4-8-18(11-13)21(2,19)20/h3,6-7,9,12-13,17H,4-5,8,10-11H2,1-2H3. The third-order valence-electron chi connectivity index (χ3n) is 4.01. The maximum atomic E-state index is 13.2. The van der Waals surface area contributed by atoms with Gasteiger partial charge in [0.25, 0.3) is 0 Å². The van der Waals surface area contributed by atoms with E-state index in [2.05, 4.69) is 5.32 Å². The highest BCUT2D eigenvalue weighted by Gasteiger charge is 2.25. The Morgan fingerprint density at radius 3 is 2.90 bits per heavy atom. The first-order valence-electron chi connectivity index (χ1n) is 7.30. The molecule has 1 fully saturated rings. The number of benzene rings is 1. The Bertz CT molecular complexity index is 577. The third-order valence-corrected chi connectivity index (χ3v) is 5.28. The molecule has 6 heteroatoms. The summed E-state index contributed by atoms with van der Waals surface area (Å²) in [6.45, 7) is 3.92. The van der Waals surface area contributed by atoms with Crippen LogP contribution in [0.3, 0.4) is 0 Å². The predicted octanol–water partition coefficient (Wildman–Crippen LogP) is 2.15. The normalized spacial score (nSPS) is 22.1. The summed E-state index contributed by atoms with van der Waals surface area (Å²) < 4.78 is 37.9. The average molecular weight is 314 g/mol. The number of hydrogen-bond donors (Lipinski definition) is 1. The van der Waals surface area contributed by atoms with E-state index in [-0.39, 0.29) is 11.9 Å². The van der Waals surface area contributed by atoms with Crippen LogP contribution in [0.25, 0.3) is 0 Å². The van der Waals surface area contributed by atoms with E-state index in [1.54, 1.807) is 10.4 Å². The van der Waals surface area contributed by atoms with Crippen molar-refractivity contribution in [1.29, 1.82) is 0 Å². The van der Waals surface area contributed by atoms with Crippen LogP contribution in [0.2, 0.25) is 0 Å². The predicted molar refractivity (Wildman–Crippen MR) is 82.0 cm³/mol. The van der Waals surface area contributed by atoms with E-state index in [9.17, 15) is 12.8 Å². The Kier molecular flexibility index (Phi) is 5.35. The summed E-state index contributed by atoms with van der Waals surface area (Å²) in [4.78, 5) is 0. The monoisotopic (exact) mass is 314 g/mol. The molecule has 118 valence electrons. The molecule has 2 rings (SSSR count). The summed E-state index contributed by atoms with van der Waals surface area (Å²) in [5.41, 5.74) is 0.908. The molecule has 0 aromatic heterocycles. The highest BCUT2D eigenvalue weighted by molar-refractivity contribution is 7.88. The summed E-state index contributed by atoms with van der Waals surface area (Å²) in [6.07, 6.45) is 3.18. The lowest BCUT2D eigenvalue weighted by molar-refractivity contribution is 0.257. The van der Waals surface area contributed by atoms with Gasteiger partial charge in [0.05, 0.1) is 6.26 Å². The van der Waals surface area contributed by atoms with Crippen LogP contribution < -0.4 is 5.32 Å². The van der Waals surface area contributed by atoms with Gasteiger partial charge in [-0.3, -0.25) is 0 Å². The lowest BCUT2D eigenvalue weighted by atomic mass is 9.99. The molecule has 0 radical (unpaired) electrons. The third kappa shape index (κ3) is 4.76. The van der Waals surface area contributed by atoms with E-state index < -0.39 is 10.0 Å². The summed E-state index contributed by atoms with van der Waals surface area (Å²) >= 11 is 0. The Labute approximate surface area is 126 Å². The van der Waals surface area contributed by atoms with Crippen LogP contribution in [0.4, 0.5) is 4.39 Å². The van der Waals surface area contributed by atoms with E-state index in [0.717, 1.165) is 24.9 Å². The summed E-state index contributed by atoms with van der Waals surface area (Å²) in [6, 6.07) is 6.61. The molecule has 1 heterocycles. The topological polar surface area (TPSA) is 49.4 Å². The SMILES string of the molecule is CC(NCC1CCCN(S(C)(=O)=O)C1)c1cccc(F)c1. The molecule has 4 nitrogen and oxygen atoms in total. The molecule has 0 aliphatic carbocycles. The Morgan fingerprint density at radius 2 is 2.24 bits per heavy atom. The summed E-state index contributed by atoms with van der Waals surface area (Å²) in [5, 5.41) is 3.38. The quantitative estimate of drug-likeness (QED) is 0.906. The molecule has 2 atom stereocenters. The van der Waals surface area contributed by atoms with Gasteiger partial charge in [-0.2, -0.15) is 0 Å². The molecule has 0 amide bonds. The second-order valence-electron chi connectivity index (χ2n) is 5.81. The molecule has 1 N–H and O–H groups in total. The minimum atomic E-state index is -3.10. The molecule has 0 spiro atoms. The van der Waals surface area contributed by atoms with Crippen LogP contribution >= 0.6 is 0 Å². The van der Waals surface area contributed by atoms with Crippen molar-refractivity contribution < 1.29 is 12.8 Å². The lowest BCUT2D eigenvalue weighted by Crippen LogP contribution is -2.42. The van der Waals surface area contributed by atoms with Gasteiger partial charge in [0, 0.05) is 19.1 Å². The van der Waals surface area contributed by atoms with Gasteiger partial charge < -0.3 is 5.32 Å². The number of piperidine rings is 1. The fourth-order valence-electron chi connectivity index (χ4n) is 2.73. The van der Waals surface area contributed by atoms with Crippen LogP contribution in [-0.2, 0) is 10.0 Å². The second kappa shape index (κ2) is 6.85. The van der Waals surface area contributed by atoms with E-state index in [1.165, 1.54) is 18.4 Å². The molecule has 2 unspecified atom stereocenters. The molecule has 1 saturated heterocycles. The zero-order valence-electron chi connectivity index (χ0n) is 12.5. The largest absolute Gasteiger partial charge is 0.310 e. The number of rotatable bonds is 5. The molecule has 1 aliphatic heterocycles. The molecule has 0 saturated carbocycles. The number of halogens is 1. The number of nitrogens with one attached hydrogen (secondary N) is 1. The van der Waals surface area contributed by atoms with Crippen LogP contribution in [0.1, 0.15) is 31.4 Å². The molecule has 0 bridgehead atoms. The van der Waals surface area contributed by atoms with Crippen LogP contribution in [0, 0.1) is 11.7 Å². The molecule has 1 aromatic rings. The molecule has 1 aliphatic rings. The summed E-state index contributed by atoms with van der Waals surface area (Å²) in [5.74, 6) is 0.0755. The maximum Gasteiger partial charge on any atom is 0.211 e. The van der Waals surface area contributed by atoms with Gasteiger partial charge in [-0.05, 0) is 49.9 Å². The molecule has 1 aromatic carbocycles. The number of sulfonamides is 1. The highest BCUT2D eigenvalue weighted by Crippen LogP contribution is 2.20. The van der Waals surface area contributed by atoms with Crippen molar-refractivity contribution >= 4 is 10.0 Å². The van der Waals surface area contributed by atoms with Crippen molar-refractivity contribution in [2.24, 2.45) is 5.92 Å². The van der Waals surface area contributed by atoms with Crippen molar-refractivity contribution in [3.63, 3.8) is 0 Å². The van der Waals surface area contributed by atoms with Gasteiger partial charge in [-0.1, -0.05) is 12.1 Å². The van der Waals surface area contributed by atoms with Gasteiger partial charge in [0.2, 0.25) is 10.0 Å². The van der Waals surface area contributed by atoms with Crippen molar-refractivity contribution in [1.82, 2.24) is 9.62 Å². The summed E-state index contributed by atoms with van der Waals surface area (Å²) in [7, 11) is -3.10. The van der Waals surface area contributed by atoms with Gasteiger partial charge in [0.15, 0.2) is 0 Å². The zero-order chi connectivity index (χ0) is 15.5. The van der Waals surface area contributed by atoms with Crippen molar-refractivity contribution in [3.8, 4) is 0 Å². The lowest BCUT2D eigenvalue weighted by Gasteiger charge is -2.31. The average Bonchev–Trinajstić information content (AvgIpc) is 2.44. The van der Waals surface area contributed by atoms with Crippen LogP contribution in [0.15, 0.2) is 24.3 Å². The number of nitrogens with zero attached hydrogens (tertiary/aromatic N) is 1. The number of hydrogen-bond acceptors (Lipinski definition) is 3. The van der Waals surface area contributed by atoms with E-state index in [4.69, 9.17) is 0 Å². The van der Waals surface area contributed by atoms with Gasteiger partial charge in [0.1, 0.15) is 5.82 Å². The van der Waals surface area contributed by atoms with Gasteiger partial charge in [-0.15, -0.1) is 0 Å². The first kappa shape index (κ1) is 16.4. The fourth-order valence-corrected chi connectivity index (χ4v) is 3.67. The highest BCUT2D eigenvalue weighted by atomic mass is 32.2. The first-order valence-corrected chi connectivity index (χ1v) is 9.15. The molecular formula is C15H23FN2O2S. The minimum Gasteiger partial charge on any atom is -0.310 e. The van der Waals surface area contributed by atoms with Gasteiger partial charge in [-0.25, -0.2) is 17.1 Å². The fraction of sp³-hybridized carbons (Fsp3) is 0.600. The Balaban J connectivity index is 1.88. The molecule has 21 heavy (non-hydrogen) atoms.